The van der Waals surface area contributed by atoms with Gasteiger partial charge in [-0.05, 0) is 36.1 Å². The van der Waals surface area contributed by atoms with Crippen LogP contribution in [0.5, 0.6) is 0 Å². The Labute approximate surface area is 129 Å². The second-order valence-corrected chi connectivity index (χ2v) is 5.67. The molecule has 0 aliphatic heterocycles. The molecule has 1 aromatic carbocycles. The standard InChI is InChI=1S/C15H12FN3O2S/c1-8(9-3-2-4-10(16)7-9)17-15-18-11-5-6-22-13(11)12(19-15)14(20)21/h2-8H,1H3,(H,20,21)(H,17,18,19)/t8-/m0/s1. The van der Waals surface area contributed by atoms with Crippen LogP contribution in [-0.2, 0) is 0 Å². The predicted octanol–water partition coefficient (Wildman–Crippen LogP) is 3.70. The van der Waals surface area contributed by atoms with Crippen LogP contribution in [0.3, 0.4) is 0 Å². The number of fused-ring (bicyclic) bond motifs is 1. The molecule has 1 atom stereocenters. The van der Waals surface area contributed by atoms with Crippen LogP contribution in [0.15, 0.2) is 35.7 Å². The summed E-state index contributed by atoms with van der Waals surface area (Å²) in [6.07, 6.45) is 0. The van der Waals surface area contributed by atoms with E-state index in [1.807, 2.05) is 6.92 Å². The SMILES string of the molecule is C[C@H](Nc1nc(C(=O)O)c2sccc2n1)c1cccc(F)c1. The zero-order chi connectivity index (χ0) is 15.7. The van der Waals surface area contributed by atoms with Gasteiger partial charge in [-0.2, -0.15) is 0 Å². The zero-order valence-corrected chi connectivity index (χ0v) is 12.4. The van der Waals surface area contributed by atoms with E-state index >= 15 is 0 Å². The molecule has 0 aliphatic carbocycles. The van der Waals surface area contributed by atoms with Crippen LogP contribution in [0, 0.1) is 5.82 Å². The first-order valence-corrected chi connectivity index (χ1v) is 7.43. The third-order valence-corrected chi connectivity index (χ3v) is 4.11. The minimum atomic E-state index is -1.10. The minimum Gasteiger partial charge on any atom is -0.476 e. The molecule has 2 heterocycles. The molecule has 0 radical (unpaired) electrons. The molecule has 7 heteroatoms. The van der Waals surface area contributed by atoms with Gasteiger partial charge >= 0.3 is 5.97 Å². The van der Waals surface area contributed by atoms with E-state index in [-0.39, 0.29) is 23.5 Å². The fourth-order valence-electron chi connectivity index (χ4n) is 2.13. The minimum absolute atomic E-state index is 0.0334. The van der Waals surface area contributed by atoms with E-state index < -0.39 is 5.97 Å². The van der Waals surface area contributed by atoms with Crippen molar-refractivity contribution in [3.63, 3.8) is 0 Å². The summed E-state index contributed by atoms with van der Waals surface area (Å²) in [4.78, 5) is 19.7. The second kappa shape index (κ2) is 5.69. The number of aromatic carboxylic acids is 1. The summed E-state index contributed by atoms with van der Waals surface area (Å²) in [6.45, 7) is 1.83. The summed E-state index contributed by atoms with van der Waals surface area (Å²) < 4.78 is 13.8. The Morgan fingerprint density at radius 2 is 2.18 bits per heavy atom. The van der Waals surface area contributed by atoms with Gasteiger partial charge in [-0.25, -0.2) is 19.2 Å². The molecule has 0 fully saturated rings. The Hall–Kier alpha value is -2.54. The maximum Gasteiger partial charge on any atom is 0.356 e. The van der Waals surface area contributed by atoms with E-state index in [2.05, 4.69) is 15.3 Å². The van der Waals surface area contributed by atoms with E-state index in [0.29, 0.717) is 10.2 Å². The molecule has 0 bridgehead atoms. The highest BCUT2D eigenvalue weighted by Crippen LogP contribution is 2.25. The van der Waals surface area contributed by atoms with Crippen molar-refractivity contribution < 1.29 is 14.3 Å². The Kier molecular flexibility index (Phi) is 3.72. The number of anilines is 1. The maximum absolute atomic E-state index is 13.3. The van der Waals surface area contributed by atoms with Gasteiger partial charge in [0.1, 0.15) is 5.82 Å². The lowest BCUT2D eigenvalue weighted by molar-refractivity contribution is 0.0693. The number of hydrogen-bond acceptors (Lipinski definition) is 5. The van der Waals surface area contributed by atoms with Crippen LogP contribution in [0.4, 0.5) is 10.3 Å². The van der Waals surface area contributed by atoms with Crippen molar-refractivity contribution >= 4 is 33.5 Å². The molecule has 112 valence electrons. The molecule has 0 spiro atoms. The first-order chi connectivity index (χ1) is 10.5. The number of nitrogens with zero attached hydrogens (tertiary/aromatic N) is 2. The third-order valence-electron chi connectivity index (χ3n) is 3.20. The number of nitrogens with one attached hydrogen (secondary N) is 1. The zero-order valence-electron chi connectivity index (χ0n) is 11.6. The molecule has 22 heavy (non-hydrogen) atoms. The molecule has 3 rings (SSSR count). The number of halogens is 1. The highest BCUT2D eigenvalue weighted by molar-refractivity contribution is 7.17. The smallest absolute Gasteiger partial charge is 0.356 e. The fraction of sp³-hybridized carbons (Fsp3) is 0.133. The van der Waals surface area contributed by atoms with Crippen molar-refractivity contribution in [3.8, 4) is 0 Å². The normalized spacial score (nSPS) is 12.3. The summed E-state index contributed by atoms with van der Waals surface area (Å²) in [6, 6.07) is 7.67. The van der Waals surface area contributed by atoms with Crippen molar-refractivity contribution in [2.24, 2.45) is 0 Å². The van der Waals surface area contributed by atoms with Gasteiger partial charge in [0.15, 0.2) is 5.69 Å². The molecule has 2 N–H and O–H groups in total. The van der Waals surface area contributed by atoms with Gasteiger partial charge in [0, 0.05) is 0 Å². The van der Waals surface area contributed by atoms with E-state index in [9.17, 15) is 14.3 Å². The first-order valence-electron chi connectivity index (χ1n) is 6.55. The highest BCUT2D eigenvalue weighted by Gasteiger charge is 2.16. The van der Waals surface area contributed by atoms with Gasteiger partial charge in [0.2, 0.25) is 5.95 Å². The molecule has 0 aliphatic rings. The lowest BCUT2D eigenvalue weighted by atomic mass is 10.1. The second-order valence-electron chi connectivity index (χ2n) is 4.76. The van der Waals surface area contributed by atoms with Gasteiger partial charge in [-0.3, -0.25) is 0 Å². The highest BCUT2D eigenvalue weighted by atomic mass is 32.1. The predicted molar refractivity (Wildman–Crippen MR) is 82.8 cm³/mol. The third kappa shape index (κ3) is 2.75. The van der Waals surface area contributed by atoms with E-state index in [1.54, 1.807) is 23.6 Å². The van der Waals surface area contributed by atoms with Gasteiger partial charge in [0.25, 0.3) is 0 Å². The molecule has 0 amide bonds. The summed E-state index contributed by atoms with van der Waals surface area (Å²) in [5.74, 6) is -1.22. The topological polar surface area (TPSA) is 75.1 Å². The first kappa shape index (κ1) is 14.4. The summed E-state index contributed by atoms with van der Waals surface area (Å²) in [7, 11) is 0. The monoisotopic (exact) mass is 317 g/mol. The number of rotatable bonds is 4. The number of aromatic nitrogens is 2. The number of thiophene rings is 1. The van der Waals surface area contributed by atoms with E-state index in [4.69, 9.17) is 0 Å². The Bertz CT molecular complexity index is 850. The fourth-order valence-corrected chi connectivity index (χ4v) is 2.94. The van der Waals surface area contributed by atoms with E-state index in [0.717, 1.165) is 5.56 Å². The average Bonchev–Trinajstić information content (AvgIpc) is 2.94. The van der Waals surface area contributed by atoms with Crippen molar-refractivity contribution in [3.05, 3.63) is 52.8 Å². The number of carboxylic acids is 1. The van der Waals surface area contributed by atoms with Crippen LogP contribution in [0.2, 0.25) is 0 Å². The van der Waals surface area contributed by atoms with E-state index in [1.165, 1.54) is 23.5 Å². The molecule has 3 aromatic rings. The molecular formula is C15H12FN3O2S. The summed E-state index contributed by atoms with van der Waals surface area (Å²) in [5, 5.41) is 14.0. The maximum atomic E-state index is 13.3. The number of carbonyl (C=O) groups is 1. The van der Waals surface area contributed by atoms with Crippen molar-refractivity contribution in [1.82, 2.24) is 9.97 Å². The van der Waals surface area contributed by atoms with Crippen molar-refractivity contribution in [1.29, 1.82) is 0 Å². The van der Waals surface area contributed by atoms with Gasteiger partial charge in [-0.15, -0.1) is 11.3 Å². The summed E-state index contributed by atoms with van der Waals surface area (Å²) >= 11 is 1.28. The molecular weight excluding hydrogens is 305 g/mol. The molecule has 2 aromatic heterocycles. The number of carboxylic acid groups (broad SMARTS) is 1. The molecule has 0 unspecified atom stereocenters. The van der Waals surface area contributed by atoms with Crippen LogP contribution in [0.1, 0.15) is 29.0 Å². The molecule has 0 saturated heterocycles. The Morgan fingerprint density at radius 3 is 2.91 bits per heavy atom. The van der Waals surface area contributed by atoms with Gasteiger partial charge in [-0.1, -0.05) is 12.1 Å². The van der Waals surface area contributed by atoms with Crippen molar-refractivity contribution in [2.45, 2.75) is 13.0 Å². The van der Waals surface area contributed by atoms with Crippen LogP contribution in [-0.4, -0.2) is 21.0 Å². The number of benzene rings is 1. The molecule has 0 saturated carbocycles. The van der Waals surface area contributed by atoms with Gasteiger partial charge < -0.3 is 10.4 Å². The van der Waals surface area contributed by atoms with Crippen LogP contribution < -0.4 is 5.32 Å². The largest absolute Gasteiger partial charge is 0.476 e. The van der Waals surface area contributed by atoms with Crippen LogP contribution >= 0.6 is 11.3 Å². The lowest BCUT2D eigenvalue weighted by Gasteiger charge is -2.14. The average molecular weight is 317 g/mol. The lowest BCUT2D eigenvalue weighted by Crippen LogP contribution is -2.12. The Balaban J connectivity index is 1.95. The molecule has 5 nitrogen and oxygen atoms in total. The quantitative estimate of drug-likeness (QED) is 0.767. The Morgan fingerprint density at radius 1 is 1.36 bits per heavy atom. The summed E-state index contributed by atoms with van der Waals surface area (Å²) in [5.41, 5.74) is 1.27. The van der Waals surface area contributed by atoms with Crippen LogP contribution in [0.25, 0.3) is 10.2 Å². The number of hydrogen-bond donors (Lipinski definition) is 2. The van der Waals surface area contributed by atoms with Crippen molar-refractivity contribution in [2.75, 3.05) is 5.32 Å². The van der Waals surface area contributed by atoms with Gasteiger partial charge in [0.05, 0.1) is 16.3 Å².